The Labute approximate surface area is 92.0 Å². The van der Waals surface area contributed by atoms with Gasteiger partial charge in [-0.1, -0.05) is 0 Å². The normalized spacial score (nSPS) is 9.33. The van der Waals surface area contributed by atoms with Gasteiger partial charge in [0.15, 0.2) is 5.56 Å². The lowest BCUT2D eigenvalue weighted by atomic mass is 10.1. The lowest BCUT2D eigenvalue weighted by molar-refractivity contribution is -0.385. The predicted molar refractivity (Wildman–Crippen MR) is 52.5 cm³/mol. The highest BCUT2D eigenvalue weighted by Gasteiger charge is 2.24. The molecule has 1 N–H and O–H groups in total. The maximum atomic E-state index is 10.8. The van der Waals surface area contributed by atoms with E-state index in [0.29, 0.717) is 0 Å². The molecule has 0 heterocycles. The third kappa shape index (κ3) is 1.94. The van der Waals surface area contributed by atoms with Gasteiger partial charge in [-0.25, -0.2) is 4.79 Å². The number of hydrogen-bond donors (Lipinski definition) is 1. The van der Waals surface area contributed by atoms with Gasteiger partial charge in [0.1, 0.15) is 6.07 Å². The Balaban J connectivity index is 3.60. The lowest BCUT2D eigenvalue weighted by Crippen LogP contribution is -2.04. The number of benzene rings is 1. The van der Waals surface area contributed by atoms with Crippen LogP contribution in [-0.4, -0.2) is 16.0 Å². The number of carboxylic acids is 1. The molecule has 0 atom stereocenters. The highest BCUT2D eigenvalue weighted by molar-refractivity contribution is 9.10. The number of aromatic carboxylic acids is 1. The minimum absolute atomic E-state index is 0.0398. The summed E-state index contributed by atoms with van der Waals surface area (Å²) in [6.45, 7) is 0. The zero-order valence-electron chi connectivity index (χ0n) is 7.10. The van der Waals surface area contributed by atoms with Crippen LogP contribution in [0.15, 0.2) is 16.6 Å². The maximum absolute atomic E-state index is 10.8. The molecule has 1 aromatic rings. The zero-order chi connectivity index (χ0) is 11.6. The van der Waals surface area contributed by atoms with Gasteiger partial charge in [0, 0.05) is 6.07 Å². The summed E-state index contributed by atoms with van der Waals surface area (Å²) in [6.07, 6.45) is 0. The number of rotatable bonds is 2. The minimum Gasteiger partial charge on any atom is -0.477 e. The molecule has 0 aliphatic heterocycles. The van der Waals surface area contributed by atoms with Crippen LogP contribution in [0.5, 0.6) is 0 Å². The number of nitro benzene ring substituents is 1. The molecule has 0 bridgehead atoms. The Hall–Kier alpha value is -1.94. The van der Waals surface area contributed by atoms with Gasteiger partial charge in [-0.05, 0) is 22.0 Å². The van der Waals surface area contributed by atoms with Crippen molar-refractivity contribution in [1.29, 1.82) is 5.26 Å². The van der Waals surface area contributed by atoms with E-state index in [4.69, 9.17) is 10.4 Å². The number of carbonyl (C=O) groups is 1. The smallest absolute Gasteiger partial charge is 0.343 e. The zero-order valence-corrected chi connectivity index (χ0v) is 8.69. The van der Waals surface area contributed by atoms with Crippen LogP contribution in [0.4, 0.5) is 5.69 Å². The van der Waals surface area contributed by atoms with Crippen molar-refractivity contribution in [2.75, 3.05) is 0 Å². The predicted octanol–water partition coefficient (Wildman–Crippen LogP) is 1.93. The maximum Gasteiger partial charge on any atom is 0.343 e. The summed E-state index contributed by atoms with van der Waals surface area (Å²) in [7, 11) is 0. The number of nitrogens with zero attached hydrogens (tertiary/aromatic N) is 2. The van der Waals surface area contributed by atoms with Crippen LogP contribution in [0.2, 0.25) is 0 Å². The summed E-state index contributed by atoms with van der Waals surface area (Å²) >= 11 is 2.85. The molecule has 15 heavy (non-hydrogen) atoms. The van der Waals surface area contributed by atoms with E-state index in [1.54, 1.807) is 6.07 Å². The van der Waals surface area contributed by atoms with Crippen molar-refractivity contribution in [3.05, 3.63) is 37.8 Å². The highest BCUT2D eigenvalue weighted by atomic mass is 79.9. The van der Waals surface area contributed by atoms with Crippen molar-refractivity contribution in [2.45, 2.75) is 0 Å². The van der Waals surface area contributed by atoms with Crippen molar-refractivity contribution in [2.24, 2.45) is 0 Å². The van der Waals surface area contributed by atoms with Gasteiger partial charge in [0.2, 0.25) is 0 Å². The van der Waals surface area contributed by atoms with E-state index >= 15 is 0 Å². The molecule has 1 aromatic carbocycles. The SMILES string of the molecule is N#Cc1ccc([N+](=O)[O-])c(C(=O)O)c1Br. The monoisotopic (exact) mass is 270 g/mol. The largest absolute Gasteiger partial charge is 0.477 e. The first-order valence-electron chi connectivity index (χ1n) is 3.59. The molecule has 1 rings (SSSR count). The average Bonchev–Trinajstić information content (AvgIpc) is 2.16. The molecule has 0 unspecified atom stereocenters. The summed E-state index contributed by atoms with van der Waals surface area (Å²) in [4.78, 5) is 20.5. The first-order valence-corrected chi connectivity index (χ1v) is 4.38. The van der Waals surface area contributed by atoms with Gasteiger partial charge in [0.05, 0.1) is 15.0 Å². The van der Waals surface area contributed by atoms with E-state index in [-0.39, 0.29) is 10.0 Å². The number of nitriles is 1. The second-order valence-corrected chi connectivity index (χ2v) is 3.29. The number of nitro groups is 1. The third-order valence-electron chi connectivity index (χ3n) is 1.65. The standard InChI is InChI=1S/C8H3BrN2O4/c9-7-4(3-10)1-2-5(11(14)15)6(7)8(12)13/h1-2H,(H,12,13). The van der Waals surface area contributed by atoms with Crippen LogP contribution in [0.25, 0.3) is 0 Å². The Morgan fingerprint density at radius 2 is 2.20 bits per heavy atom. The summed E-state index contributed by atoms with van der Waals surface area (Å²) in [6, 6.07) is 3.91. The summed E-state index contributed by atoms with van der Waals surface area (Å²) < 4.78 is -0.0771. The van der Waals surface area contributed by atoms with E-state index in [1.807, 2.05) is 0 Å². The fourth-order valence-electron chi connectivity index (χ4n) is 1.01. The van der Waals surface area contributed by atoms with Gasteiger partial charge < -0.3 is 5.11 Å². The van der Waals surface area contributed by atoms with Crippen molar-refractivity contribution in [1.82, 2.24) is 0 Å². The molecule has 76 valence electrons. The molecular weight excluding hydrogens is 268 g/mol. The molecule has 0 radical (unpaired) electrons. The molecule has 7 heteroatoms. The molecule has 0 aromatic heterocycles. The van der Waals surface area contributed by atoms with E-state index < -0.39 is 22.1 Å². The van der Waals surface area contributed by atoms with E-state index in [0.717, 1.165) is 6.07 Å². The van der Waals surface area contributed by atoms with E-state index in [9.17, 15) is 14.9 Å². The van der Waals surface area contributed by atoms with E-state index in [2.05, 4.69) is 15.9 Å². The number of halogens is 1. The highest BCUT2D eigenvalue weighted by Crippen LogP contribution is 2.29. The van der Waals surface area contributed by atoms with Crippen LogP contribution < -0.4 is 0 Å². The molecule has 0 amide bonds. The summed E-state index contributed by atoms with van der Waals surface area (Å²) in [5.41, 5.74) is -1.02. The molecule has 0 saturated carbocycles. The summed E-state index contributed by atoms with van der Waals surface area (Å²) in [5.74, 6) is -1.45. The van der Waals surface area contributed by atoms with Gasteiger partial charge in [0.25, 0.3) is 5.69 Å². The fraction of sp³-hybridized carbons (Fsp3) is 0. The first-order chi connectivity index (χ1) is 6.99. The molecule has 0 saturated heterocycles. The van der Waals surface area contributed by atoms with Crippen LogP contribution in [0, 0.1) is 21.4 Å². The second-order valence-electron chi connectivity index (χ2n) is 2.50. The molecule has 0 aliphatic carbocycles. The van der Waals surface area contributed by atoms with Crippen LogP contribution in [0.1, 0.15) is 15.9 Å². The Kier molecular flexibility index (Phi) is 3.01. The molecular formula is C8H3BrN2O4. The third-order valence-corrected chi connectivity index (χ3v) is 2.47. The van der Waals surface area contributed by atoms with Gasteiger partial charge in [-0.2, -0.15) is 5.26 Å². The Morgan fingerprint density at radius 3 is 2.60 bits per heavy atom. The summed E-state index contributed by atoms with van der Waals surface area (Å²) in [5, 5.41) is 27.9. The van der Waals surface area contributed by atoms with Crippen molar-refractivity contribution in [3.8, 4) is 6.07 Å². The molecule has 0 spiro atoms. The van der Waals surface area contributed by atoms with Crippen molar-refractivity contribution >= 4 is 27.6 Å². The van der Waals surface area contributed by atoms with Gasteiger partial charge >= 0.3 is 5.97 Å². The minimum atomic E-state index is -1.45. The fourth-order valence-corrected chi connectivity index (χ4v) is 1.60. The number of carboxylic acid groups (broad SMARTS) is 1. The lowest BCUT2D eigenvalue weighted by Gasteiger charge is -2.01. The molecule has 6 nitrogen and oxygen atoms in total. The average molecular weight is 271 g/mol. The van der Waals surface area contributed by atoms with Crippen molar-refractivity contribution in [3.63, 3.8) is 0 Å². The van der Waals surface area contributed by atoms with E-state index in [1.165, 1.54) is 6.07 Å². The topological polar surface area (TPSA) is 104 Å². The quantitative estimate of drug-likeness (QED) is 0.653. The molecule has 0 aliphatic rings. The second kappa shape index (κ2) is 4.06. The number of hydrogen-bond acceptors (Lipinski definition) is 4. The van der Waals surface area contributed by atoms with Gasteiger partial charge in [-0.3, -0.25) is 10.1 Å². The van der Waals surface area contributed by atoms with Crippen molar-refractivity contribution < 1.29 is 14.8 Å². The molecule has 0 fully saturated rings. The van der Waals surface area contributed by atoms with Crippen LogP contribution in [-0.2, 0) is 0 Å². The van der Waals surface area contributed by atoms with Gasteiger partial charge in [-0.15, -0.1) is 0 Å². The van der Waals surface area contributed by atoms with Crippen LogP contribution in [0.3, 0.4) is 0 Å². The Bertz CT molecular complexity index is 492. The Morgan fingerprint density at radius 1 is 1.60 bits per heavy atom. The first kappa shape index (κ1) is 11.1. The van der Waals surface area contributed by atoms with Crippen LogP contribution >= 0.6 is 15.9 Å².